The van der Waals surface area contributed by atoms with Crippen LogP contribution >= 0.6 is 0 Å². The summed E-state index contributed by atoms with van der Waals surface area (Å²) in [6.07, 6.45) is 6.14. The summed E-state index contributed by atoms with van der Waals surface area (Å²) in [7, 11) is 0. The zero-order valence-corrected chi connectivity index (χ0v) is 18.6. The maximum atomic E-state index is 10.5. The van der Waals surface area contributed by atoms with E-state index >= 15 is 0 Å². The molecule has 14 N–H and O–H groups in total. The SMILES string of the molecule is O.O.O.O.O=C([O-])c1ccc(-n2cnnc2)cc1.O=C([O-])c1ccc(-n2cnnc2)cc1.[Cu+2].[OH3+].[OH3+]. The molecule has 0 aliphatic rings. The largest absolute Gasteiger partial charge is 2.00 e. The first kappa shape index (κ1) is 41.2. The van der Waals surface area contributed by atoms with Crippen LogP contribution in [-0.4, -0.2) is 63.4 Å². The molecule has 0 unspecified atom stereocenters. The van der Waals surface area contributed by atoms with Crippen LogP contribution in [0.25, 0.3) is 11.4 Å². The molecule has 0 aliphatic heterocycles. The molecule has 17 heteroatoms. The number of carboxylic acids is 2. The molecule has 0 saturated heterocycles. The summed E-state index contributed by atoms with van der Waals surface area (Å²) in [5.41, 5.74) is 1.92. The zero-order valence-electron chi connectivity index (χ0n) is 17.7. The summed E-state index contributed by atoms with van der Waals surface area (Å²) in [5, 5.41) is 35.5. The van der Waals surface area contributed by atoms with Gasteiger partial charge in [0.15, 0.2) is 0 Å². The van der Waals surface area contributed by atoms with Crippen molar-refractivity contribution < 1.29 is 69.7 Å². The Labute approximate surface area is 207 Å². The maximum absolute atomic E-state index is 10.5. The van der Waals surface area contributed by atoms with Gasteiger partial charge in [-0.2, -0.15) is 0 Å². The number of benzene rings is 2. The fraction of sp³-hybridized carbons (Fsp3) is 0. The third kappa shape index (κ3) is 11.1. The Morgan fingerprint density at radius 2 is 0.771 bits per heavy atom. The Morgan fingerprint density at radius 3 is 0.971 bits per heavy atom. The standard InChI is InChI=1S/2C9H7N3O2.Cu.6H2O/c2*13-9(14)7-1-3-8(4-2-7)12-5-10-11-6-12;;;;;;;/h2*1-6H,(H,13,14);;6*1H2/q;;+2;;;;;;. The summed E-state index contributed by atoms with van der Waals surface area (Å²) in [4.78, 5) is 20.9. The van der Waals surface area contributed by atoms with Gasteiger partial charge in [-0.05, 0) is 35.4 Å². The number of carboxylic acid groups (broad SMARTS) is 2. The monoisotopic (exact) mass is 549 g/mol. The average molecular weight is 550 g/mol. The van der Waals surface area contributed by atoms with E-state index in [0.717, 1.165) is 11.4 Å². The molecule has 0 atom stereocenters. The van der Waals surface area contributed by atoms with Gasteiger partial charge in [0.05, 0.1) is 11.9 Å². The van der Waals surface area contributed by atoms with Crippen molar-refractivity contribution in [3.63, 3.8) is 0 Å². The van der Waals surface area contributed by atoms with E-state index in [2.05, 4.69) is 20.4 Å². The second-order valence-electron chi connectivity index (χ2n) is 5.41. The average Bonchev–Trinajstić information content (AvgIpc) is 3.43. The normalized spacial score (nSPS) is 8.00. The number of hydrogen-bond donors (Lipinski definition) is 0. The number of carbonyl (C=O) groups excluding carboxylic acids is 2. The van der Waals surface area contributed by atoms with Crippen LogP contribution in [0, 0.1) is 0 Å². The van der Waals surface area contributed by atoms with E-state index in [1.807, 2.05) is 0 Å². The van der Waals surface area contributed by atoms with Gasteiger partial charge in [0.2, 0.25) is 0 Å². The number of aromatic carboxylic acids is 2. The van der Waals surface area contributed by atoms with Crippen LogP contribution in [0.2, 0.25) is 0 Å². The van der Waals surface area contributed by atoms with E-state index in [0.29, 0.717) is 0 Å². The maximum Gasteiger partial charge on any atom is 2.00 e. The Bertz CT molecular complexity index is 975. The van der Waals surface area contributed by atoms with Crippen LogP contribution in [0.15, 0.2) is 73.8 Å². The predicted octanol–water partition coefficient (Wildman–Crippen LogP) is -5.88. The Kier molecular flexibility index (Phi) is 22.9. The molecule has 0 fully saturated rings. The summed E-state index contributed by atoms with van der Waals surface area (Å²) >= 11 is 0. The molecule has 2 aromatic carbocycles. The molecular formula is C18H26CuN6O10+2. The van der Waals surface area contributed by atoms with Gasteiger partial charge in [0.1, 0.15) is 25.3 Å². The first-order chi connectivity index (χ1) is 13.5. The van der Waals surface area contributed by atoms with E-state index in [-0.39, 0.29) is 61.1 Å². The Hall–Kier alpha value is -4.06. The van der Waals surface area contributed by atoms with Crippen molar-refractivity contribution in [3.8, 4) is 11.4 Å². The number of hydrogen-bond acceptors (Lipinski definition) is 8. The van der Waals surface area contributed by atoms with Crippen LogP contribution in [0.1, 0.15) is 20.7 Å². The van der Waals surface area contributed by atoms with Gasteiger partial charge in [-0.1, -0.05) is 24.3 Å². The van der Waals surface area contributed by atoms with E-state index in [4.69, 9.17) is 0 Å². The van der Waals surface area contributed by atoms with Gasteiger partial charge >= 0.3 is 17.1 Å². The third-order valence-electron chi connectivity index (χ3n) is 3.64. The number of nitrogens with zero attached hydrogens (tertiary/aromatic N) is 6. The summed E-state index contributed by atoms with van der Waals surface area (Å²) in [6, 6.07) is 12.6. The molecule has 0 amide bonds. The molecular weight excluding hydrogens is 524 g/mol. The second-order valence-corrected chi connectivity index (χ2v) is 5.41. The molecule has 2 heterocycles. The van der Waals surface area contributed by atoms with E-state index in [9.17, 15) is 19.8 Å². The molecule has 4 aromatic rings. The molecule has 16 nitrogen and oxygen atoms in total. The quantitative estimate of drug-likeness (QED) is 0.173. The van der Waals surface area contributed by atoms with Gasteiger partial charge in [-0.3, -0.25) is 9.13 Å². The van der Waals surface area contributed by atoms with Gasteiger partial charge in [-0.25, -0.2) is 0 Å². The smallest absolute Gasteiger partial charge is 0.545 e. The molecule has 35 heavy (non-hydrogen) atoms. The molecule has 0 bridgehead atoms. The van der Waals surface area contributed by atoms with Crippen LogP contribution in [0.5, 0.6) is 0 Å². The van der Waals surface area contributed by atoms with Crippen molar-refractivity contribution in [1.82, 2.24) is 29.5 Å². The van der Waals surface area contributed by atoms with Crippen LogP contribution in [0.4, 0.5) is 0 Å². The molecule has 2 aromatic heterocycles. The first-order valence-electron chi connectivity index (χ1n) is 7.87. The van der Waals surface area contributed by atoms with Crippen molar-refractivity contribution >= 4 is 11.9 Å². The first-order valence-corrected chi connectivity index (χ1v) is 7.87. The van der Waals surface area contributed by atoms with Crippen LogP contribution in [0.3, 0.4) is 0 Å². The molecule has 197 valence electrons. The minimum absolute atomic E-state index is 0. The molecule has 1 radical (unpaired) electrons. The molecule has 4 rings (SSSR count). The third-order valence-corrected chi connectivity index (χ3v) is 3.64. The second kappa shape index (κ2) is 19.4. The van der Waals surface area contributed by atoms with E-state index < -0.39 is 11.9 Å². The summed E-state index contributed by atoms with van der Waals surface area (Å²) in [6.45, 7) is 0. The summed E-state index contributed by atoms with van der Waals surface area (Å²) < 4.78 is 3.36. The van der Waals surface area contributed by atoms with Gasteiger partial charge < -0.3 is 52.7 Å². The van der Waals surface area contributed by atoms with Crippen molar-refractivity contribution in [2.24, 2.45) is 0 Å². The van der Waals surface area contributed by atoms with Gasteiger partial charge in [0.25, 0.3) is 0 Å². The minimum atomic E-state index is -1.18. The fourth-order valence-electron chi connectivity index (χ4n) is 2.21. The Balaban J connectivity index is -0.000000143. The van der Waals surface area contributed by atoms with E-state index in [1.54, 1.807) is 33.4 Å². The number of carbonyl (C=O) groups is 2. The zero-order chi connectivity index (χ0) is 19.9. The van der Waals surface area contributed by atoms with Crippen LogP contribution in [-0.2, 0) is 28.0 Å². The Morgan fingerprint density at radius 1 is 0.543 bits per heavy atom. The van der Waals surface area contributed by atoms with Crippen molar-refractivity contribution in [3.05, 3.63) is 85.0 Å². The topological polar surface area (TPSA) is 334 Å². The minimum Gasteiger partial charge on any atom is -0.545 e. The van der Waals surface area contributed by atoms with Crippen molar-refractivity contribution in [2.45, 2.75) is 0 Å². The van der Waals surface area contributed by atoms with E-state index in [1.165, 1.54) is 49.6 Å². The van der Waals surface area contributed by atoms with Crippen LogP contribution < -0.4 is 10.2 Å². The fourth-order valence-corrected chi connectivity index (χ4v) is 2.21. The molecule has 0 spiro atoms. The molecule has 0 aliphatic carbocycles. The molecule has 0 saturated carbocycles. The predicted molar refractivity (Wildman–Crippen MR) is 116 cm³/mol. The van der Waals surface area contributed by atoms with Crippen molar-refractivity contribution in [2.75, 3.05) is 0 Å². The number of rotatable bonds is 4. The number of aromatic nitrogens is 6. The van der Waals surface area contributed by atoms with Gasteiger partial charge in [0, 0.05) is 11.4 Å². The van der Waals surface area contributed by atoms with Crippen molar-refractivity contribution in [1.29, 1.82) is 0 Å². The van der Waals surface area contributed by atoms with Gasteiger partial charge in [-0.15, -0.1) is 20.4 Å². The summed E-state index contributed by atoms with van der Waals surface area (Å²) in [5.74, 6) is -2.36.